The second kappa shape index (κ2) is 7.44. The quantitative estimate of drug-likeness (QED) is 0.690. The van der Waals surface area contributed by atoms with Crippen molar-refractivity contribution in [2.45, 2.75) is 38.7 Å². The average Bonchev–Trinajstić information content (AvgIpc) is 2.28. The smallest absolute Gasteiger partial charge is 0.159 e. The van der Waals surface area contributed by atoms with Crippen LogP contribution in [0.25, 0.3) is 0 Å². The standard InChI is InChI=1S/C12H19NO2/c1-2-3-4-5-11(14)10-15-12-6-8-13-9-7-12/h12-13H,4-10H2,1H3. The minimum atomic E-state index is 0.163. The van der Waals surface area contributed by atoms with Crippen LogP contribution in [0, 0.1) is 11.8 Å². The summed E-state index contributed by atoms with van der Waals surface area (Å²) in [7, 11) is 0. The van der Waals surface area contributed by atoms with Crippen LogP contribution in [0.2, 0.25) is 0 Å². The first-order valence-corrected chi connectivity index (χ1v) is 5.56. The average molecular weight is 209 g/mol. The Bertz CT molecular complexity index is 246. The number of hydrogen-bond donors (Lipinski definition) is 1. The zero-order valence-corrected chi connectivity index (χ0v) is 9.34. The number of ketones is 1. The van der Waals surface area contributed by atoms with Gasteiger partial charge in [-0.05, 0) is 32.9 Å². The third-order valence-electron chi connectivity index (χ3n) is 2.47. The molecule has 1 rings (SSSR count). The fourth-order valence-corrected chi connectivity index (χ4v) is 1.57. The van der Waals surface area contributed by atoms with E-state index in [0.29, 0.717) is 12.8 Å². The van der Waals surface area contributed by atoms with Gasteiger partial charge in [0.15, 0.2) is 5.78 Å². The highest BCUT2D eigenvalue weighted by Crippen LogP contribution is 2.07. The van der Waals surface area contributed by atoms with E-state index in [0.717, 1.165) is 25.9 Å². The minimum absolute atomic E-state index is 0.163. The highest BCUT2D eigenvalue weighted by molar-refractivity contribution is 5.79. The van der Waals surface area contributed by atoms with Gasteiger partial charge in [-0.1, -0.05) is 0 Å². The summed E-state index contributed by atoms with van der Waals surface area (Å²) in [4.78, 5) is 11.4. The minimum Gasteiger partial charge on any atom is -0.370 e. The zero-order chi connectivity index (χ0) is 10.9. The van der Waals surface area contributed by atoms with Crippen LogP contribution in [0.1, 0.15) is 32.6 Å². The van der Waals surface area contributed by atoms with Gasteiger partial charge in [-0.15, -0.1) is 11.8 Å². The van der Waals surface area contributed by atoms with Gasteiger partial charge in [-0.2, -0.15) is 0 Å². The third kappa shape index (κ3) is 5.56. The number of ether oxygens (including phenoxy) is 1. The van der Waals surface area contributed by atoms with Gasteiger partial charge in [0.25, 0.3) is 0 Å². The molecule has 0 aliphatic carbocycles. The Morgan fingerprint density at radius 3 is 2.87 bits per heavy atom. The summed E-state index contributed by atoms with van der Waals surface area (Å²) in [6, 6.07) is 0. The van der Waals surface area contributed by atoms with Crippen molar-refractivity contribution in [3.05, 3.63) is 0 Å². The van der Waals surface area contributed by atoms with Crippen molar-refractivity contribution in [2.24, 2.45) is 0 Å². The van der Waals surface area contributed by atoms with Gasteiger partial charge in [0.1, 0.15) is 6.61 Å². The molecule has 0 radical (unpaired) electrons. The second-order valence-electron chi connectivity index (χ2n) is 3.73. The van der Waals surface area contributed by atoms with E-state index in [4.69, 9.17) is 4.74 Å². The first-order chi connectivity index (χ1) is 7.33. The van der Waals surface area contributed by atoms with E-state index in [1.54, 1.807) is 6.92 Å². The lowest BCUT2D eigenvalue weighted by Gasteiger charge is -2.22. The number of hydrogen-bond acceptors (Lipinski definition) is 3. The zero-order valence-electron chi connectivity index (χ0n) is 9.34. The van der Waals surface area contributed by atoms with E-state index in [1.807, 2.05) is 0 Å². The maximum Gasteiger partial charge on any atom is 0.159 e. The van der Waals surface area contributed by atoms with Crippen molar-refractivity contribution >= 4 is 5.78 Å². The second-order valence-corrected chi connectivity index (χ2v) is 3.73. The van der Waals surface area contributed by atoms with Gasteiger partial charge in [0.2, 0.25) is 0 Å². The lowest BCUT2D eigenvalue weighted by atomic mass is 10.1. The predicted octanol–water partition coefficient (Wildman–Crippen LogP) is 1.13. The van der Waals surface area contributed by atoms with Crippen LogP contribution in [0.4, 0.5) is 0 Å². The van der Waals surface area contributed by atoms with Crippen LogP contribution < -0.4 is 5.32 Å². The molecule has 1 fully saturated rings. The van der Waals surface area contributed by atoms with E-state index in [1.165, 1.54) is 0 Å². The molecule has 1 heterocycles. The largest absolute Gasteiger partial charge is 0.370 e. The van der Waals surface area contributed by atoms with Gasteiger partial charge in [-0.3, -0.25) is 4.79 Å². The molecule has 0 saturated carbocycles. The summed E-state index contributed by atoms with van der Waals surface area (Å²) in [5.74, 6) is 5.82. The molecule has 0 amide bonds. The van der Waals surface area contributed by atoms with Crippen molar-refractivity contribution in [2.75, 3.05) is 19.7 Å². The number of piperidine rings is 1. The van der Waals surface area contributed by atoms with Crippen molar-refractivity contribution < 1.29 is 9.53 Å². The van der Waals surface area contributed by atoms with Crippen LogP contribution in [0.5, 0.6) is 0 Å². The normalized spacial score (nSPS) is 16.9. The lowest BCUT2D eigenvalue weighted by Crippen LogP contribution is -2.33. The van der Waals surface area contributed by atoms with Crippen LogP contribution in [0.3, 0.4) is 0 Å². The molecule has 1 saturated heterocycles. The molecule has 0 aromatic carbocycles. The summed E-state index contributed by atoms with van der Waals surface area (Å²) in [6.07, 6.45) is 3.48. The van der Waals surface area contributed by atoms with E-state index >= 15 is 0 Å². The van der Waals surface area contributed by atoms with Crippen molar-refractivity contribution in [1.29, 1.82) is 0 Å². The summed E-state index contributed by atoms with van der Waals surface area (Å²) >= 11 is 0. The van der Waals surface area contributed by atoms with Crippen molar-refractivity contribution in [3.8, 4) is 11.8 Å². The summed E-state index contributed by atoms with van der Waals surface area (Å²) in [5, 5.41) is 3.26. The predicted molar refractivity (Wildman–Crippen MR) is 59.5 cm³/mol. The highest BCUT2D eigenvalue weighted by atomic mass is 16.5. The van der Waals surface area contributed by atoms with Crippen LogP contribution >= 0.6 is 0 Å². The Labute approximate surface area is 91.6 Å². The Kier molecular flexibility index (Phi) is 6.06. The first kappa shape index (κ1) is 12.2. The Hall–Kier alpha value is -0.850. The Morgan fingerprint density at radius 2 is 2.20 bits per heavy atom. The van der Waals surface area contributed by atoms with E-state index < -0.39 is 0 Å². The van der Waals surface area contributed by atoms with Crippen LogP contribution in [-0.2, 0) is 9.53 Å². The van der Waals surface area contributed by atoms with Crippen molar-refractivity contribution in [1.82, 2.24) is 5.32 Å². The molecule has 3 nitrogen and oxygen atoms in total. The highest BCUT2D eigenvalue weighted by Gasteiger charge is 2.14. The first-order valence-electron chi connectivity index (χ1n) is 5.56. The SMILES string of the molecule is CC#CCCC(=O)COC1CCNCC1. The maximum atomic E-state index is 11.4. The van der Waals surface area contributed by atoms with Gasteiger partial charge in [0, 0.05) is 12.8 Å². The molecule has 0 spiro atoms. The molecule has 0 atom stereocenters. The Morgan fingerprint density at radius 1 is 1.47 bits per heavy atom. The van der Waals surface area contributed by atoms with Crippen LogP contribution in [-0.4, -0.2) is 31.6 Å². The monoisotopic (exact) mass is 209 g/mol. The molecule has 15 heavy (non-hydrogen) atoms. The molecule has 0 bridgehead atoms. The van der Waals surface area contributed by atoms with Crippen molar-refractivity contribution in [3.63, 3.8) is 0 Å². The number of Topliss-reactive ketones (excluding diaryl/α,β-unsaturated/α-hetero) is 1. The molecular weight excluding hydrogens is 190 g/mol. The number of rotatable bonds is 5. The summed E-state index contributed by atoms with van der Waals surface area (Å²) < 4.78 is 5.54. The molecular formula is C12H19NO2. The fourth-order valence-electron chi connectivity index (χ4n) is 1.57. The van der Waals surface area contributed by atoms with Gasteiger partial charge in [0.05, 0.1) is 6.10 Å². The van der Waals surface area contributed by atoms with E-state index in [9.17, 15) is 4.79 Å². The molecule has 0 aromatic heterocycles. The van der Waals surface area contributed by atoms with Gasteiger partial charge < -0.3 is 10.1 Å². The molecule has 3 heteroatoms. The third-order valence-corrected chi connectivity index (χ3v) is 2.47. The van der Waals surface area contributed by atoms with Gasteiger partial charge in [-0.25, -0.2) is 0 Å². The molecule has 84 valence electrons. The molecule has 1 N–H and O–H groups in total. The topological polar surface area (TPSA) is 38.3 Å². The fraction of sp³-hybridized carbons (Fsp3) is 0.750. The van der Waals surface area contributed by atoms with E-state index in [-0.39, 0.29) is 18.5 Å². The number of carbonyl (C=O) groups is 1. The van der Waals surface area contributed by atoms with Crippen LogP contribution in [0.15, 0.2) is 0 Å². The molecule has 1 aliphatic heterocycles. The lowest BCUT2D eigenvalue weighted by molar-refractivity contribution is -0.126. The number of nitrogens with one attached hydrogen (secondary N) is 1. The summed E-state index contributed by atoms with van der Waals surface area (Å²) in [5.41, 5.74) is 0. The van der Waals surface area contributed by atoms with Gasteiger partial charge >= 0.3 is 0 Å². The molecule has 0 aromatic rings. The molecule has 0 unspecified atom stereocenters. The molecule has 1 aliphatic rings. The van der Waals surface area contributed by atoms with E-state index in [2.05, 4.69) is 17.2 Å². The number of carbonyl (C=O) groups excluding carboxylic acids is 1. The summed E-state index contributed by atoms with van der Waals surface area (Å²) in [6.45, 7) is 4.05. The maximum absolute atomic E-state index is 11.4. The Balaban J connectivity index is 2.06.